The van der Waals surface area contributed by atoms with Crippen LogP contribution in [-0.4, -0.2) is 20.7 Å². The van der Waals surface area contributed by atoms with Gasteiger partial charge in [-0.2, -0.15) is 0 Å². The summed E-state index contributed by atoms with van der Waals surface area (Å²) in [6.07, 6.45) is 0. The van der Waals surface area contributed by atoms with Gasteiger partial charge in [0.15, 0.2) is 5.69 Å². The summed E-state index contributed by atoms with van der Waals surface area (Å²) in [5, 5.41) is 30.7. The first-order valence-electron chi connectivity index (χ1n) is 8.58. The van der Waals surface area contributed by atoms with E-state index in [1.165, 1.54) is 6.07 Å². The number of phenols is 1. The van der Waals surface area contributed by atoms with Gasteiger partial charge in [-0.05, 0) is 24.4 Å². The summed E-state index contributed by atoms with van der Waals surface area (Å²) in [4.78, 5) is 12.5. The van der Waals surface area contributed by atoms with Gasteiger partial charge in [0.25, 0.3) is 5.91 Å². The number of amides is 1. The molecule has 0 atom stereocenters. The van der Waals surface area contributed by atoms with E-state index in [1.807, 2.05) is 43.3 Å². The van der Waals surface area contributed by atoms with Crippen molar-refractivity contribution in [2.24, 2.45) is 10.2 Å². The monoisotopic (exact) mass is 359 g/mol. The van der Waals surface area contributed by atoms with E-state index in [0.29, 0.717) is 17.3 Å². The van der Waals surface area contributed by atoms with E-state index in [4.69, 9.17) is 0 Å². The number of benzene rings is 3. The number of para-hydroxylation sites is 1. The van der Waals surface area contributed by atoms with Gasteiger partial charge in [0.2, 0.25) is 5.88 Å². The highest BCUT2D eigenvalue weighted by Gasteiger charge is 2.17. The lowest BCUT2D eigenvalue weighted by Gasteiger charge is -2.04. The van der Waals surface area contributed by atoms with Crippen LogP contribution in [0, 0.1) is 0 Å². The van der Waals surface area contributed by atoms with Crippen LogP contribution in [0.5, 0.6) is 11.6 Å². The Kier molecular flexibility index (Phi) is 4.08. The van der Waals surface area contributed by atoms with Crippen molar-refractivity contribution in [3.63, 3.8) is 0 Å². The van der Waals surface area contributed by atoms with Crippen LogP contribution in [0.1, 0.15) is 17.3 Å². The second-order valence-electron chi connectivity index (χ2n) is 6.12. The molecule has 0 radical (unpaired) electrons. The molecule has 0 saturated heterocycles. The molecule has 134 valence electrons. The Morgan fingerprint density at radius 1 is 0.963 bits per heavy atom. The van der Waals surface area contributed by atoms with Crippen molar-refractivity contribution >= 4 is 33.3 Å². The molecule has 27 heavy (non-hydrogen) atoms. The quantitative estimate of drug-likeness (QED) is 0.496. The van der Waals surface area contributed by atoms with Crippen molar-refractivity contribution in [3.05, 3.63) is 66.2 Å². The SMILES string of the molecule is CCn1c(O)c(N=NC(=O)c2ccc3ccccc3c2O)c2ccccc21. The molecule has 0 unspecified atom stereocenters. The molecule has 1 heterocycles. The molecule has 4 rings (SSSR count). The molecule has 2 N–H and O–H groups in total. The molecule has 0 aliphatic heterocycles. The molecule has 0 saturated carbocycles. The van der Waals surface area contributed by atoms with Gasteiger partial charge in [-0.1, -0.05) is 48.5 Å². The van der Waals surface area contributed by atoms with Crippen molar-refractivity contribution in [1.29, 1.82) is 0 Å². The molecular formula is C21H17N3O3. The zero-order valence-electron chi connectivity index (χ0n) is 14.6. The second kappa shape index (κ2) is 6.57. The minimum Gasteiger partial charge on any atom is -0.506 e. The first-order valence-corrected chi connectivity index (χ1v) is 8.58. The van der Waals surface area contributed by atoms with Crippen LogP contribution in [0.25, 0.3) is 21.7 Å². The Morgan fingerprint density at radius 2 is 1.67 bits per heavy atom. The highest BCUT2D eigenvalue weighted by molar-refractivity contribution is 6.04. The number of carbonyl (C=O) groups is 1. The molecule has 0 aliphatic rings. The molecule has 6 heteroatoms. The number of aryl methyl sites for hydroxylation is 1. The summed E-state index contributed by atoms with van der Waals surface area (Å²) in [6.45, 7) is 2.46. The van der Waals surface area contributed by atoms with Gasteiger partial charge in [0.05, 0.1) is 11.1 Å². The number of hydrogen-bond donors (Lipinski definition) is 2. The molecule has 3 aromatic carbocycles. The van der Waals surface area contributed by atoms with Gasteiger partial charge in [0, 0.05) is 17.3 Å². The maximum absolute atomic E-state index is 12.5. The summed E-state index contributed by atoms with van der Waals surface area (Å²) in [7, 11) is 0. The number of nitrogens with zero attached hydrogens (tertiary/aromatic N) is 3. The summed E-state index contributed by atoms with van der Waals surface area (Å²) in [5.41, 5.74) is 1.12. The average Bonchev–Trinajstić information content (AvgIpc) is 2.97. The largest absolute Gasteiger partial charge is 0.506 e. The molecule has 1 aromatic heterocycles. The third-order valence-electron chi connectivity index (χ3n) is 4.61. The first kappa shape index (κ1) is 16.8. The molecule has 0 fully saturated rings. The van der Waals surface area contributed by atoms with Gasteiger partial charge in [-0.25, -0.2) is 0 Å². The van der Waals surface area contributed by atoms with Crippen molar-refractivity contribution < 1.29 is 15.0 Å². The standard InChI is InChI=1S/C21H17N3O3/c1-2-24-17-10-6-5-9-15(17)18(21(24)27)22-23-20(26)16-12-11-13-7-3-4-8-14(13)19(16)25/h3-12,25,27H,2H2,1H3. The number of fused-ring (bicyclic) bond motifs is 2. The van der Waals surface area contributed by atoms with E-state index in [0.717, 1.165) is 10.9 Å². The fraction of sp³-hybridized carbons (Fsp3) is 0.0952. The molecule has 0 bridgehead atoms. The number of hydrogen-bond acceptors (Lipinski definition) is 4. The van der Waals surface area contributed by atoms with Crippen LogP contribution in [-0.2, 0) is 6.54 Å². The van der Waals surface area contributed by atoms with E-state index < -0.39 is 5.91 Å². The summed E-state index contributed by atoms with van der Waals surface area (Å²) < 4.78 is 1.70. The predicted octanol–water partition coefficient (Wildman–Crippen LogP) is 5.15. The Labute approximate surface area is 155 Å². The van der Waals surface area contributed by atoms with Gasteiger partial charge in [0.1, 0.15) is 5.75 Å². The smallest absolute Gasteiger partial charge is 0.299 e. The molecule has 0 spiro atoms. The van der Waals surface area contributed by atoms with E-state index >= 15 is 0 Å². The number of phenolic OH excluding ortho intramolecular Hbond substituents is 1. The topological polar surface area (TPSA) is 87.2 Å². The normalized spacial score (nSPS) is 11.6. The molecule has 1 amide bonds. The number of aromatic nitrogens is 1. The maximum atomic E-state index is 12.5. The Bertz CT molecular complexity index is 1210. The van der Waals surface area contributed by atoms with Gasteiger partial charge in [-0.3, -0.25) is 4.79 Å². The van der Waals surface area contributed by atoms with Crippen LogP contribution in [0.15, 0.2) is 70.9 Å². The zero-order valence-corrected chi connectivity index (χ0v) is 14.6. The minimum atomic E-state index is -0.675. The first-order chi connectivity index (χ1) is 13.1. The Morgan fingerprint density at radius 3 is 2.44 bits per heavy atom. The minimum absolute atomic E-state index is 0.0435. The van der Waals surface area contributed by atoms with Crippen molar-refractivity contribution in [2.45, 2.75) is 13.5 Å². The lowest BCUT2D eigenvalue weighted by Crippen LogP contribution is -1.95. The lowest BCUT2D eigenvalue weighted by atomic mass is 10.1. The van der Waals surface area contributed by atoms with Gasteiger partial charge < -0.3 is 14.8 Å². The maximum Gasteiger partial charge on any atom is 0.299 e. The molecule has 4 aromatic rings. The third kappa shape index (κ3) is 2.71. The van der Waals surface area contributed by atoms with Crippen molar-refractivity contribution in [1.82, 2.24) is 4.57 Å². The van der Waals surface area contributed by atoms with Crippen LogP contribution in [0.4, 0.5) is 5.69 Å². The van der Waals surface area contributed by atoms with Crippen LogP contribution >= 0.6 is 0 Å². The molecular weight excluding hydrogens is 342 g/mol. The van der Waals surface area contributed by atoms with Gasteiger partial charge >= 0.3 is 0 Å². The van der Waals surface area contributed by atoms with E-state index in [-0.39, 0.29) is 22.9 Å². The van der Waals surface area contributed by atoms with E-state index in [1.54, 1.807) is 22.8 Å². The highest BCUT2D eigenvalue weighted by atomic mass is 16.3. The Balaban J connectivity index is 1.76. The van der Waals surface area contributed by atoms with Crippen LogP contribution in [0.2, 0.25) is 0 Å². The fourth-order valence-corrected chi connectivity index (χ4v) is 3.27. The average molecular weight is 359 g/mol. The van der Waals surface area contributed by atoms with E-state index in [9.17, 15) is 15.0 Å². The van der Waals surface area contributed by atoms with Gasteiger partial charge in [-0.15, -0.1) is 10.2 Å². The number of carbonyl (C=O) groups excluding carboxylic acids is 1. The summed E-state index contributed by atoms with van der Waals surface area (Å²) in [5.74, 6) is -0.846. The molecule has 6 nitrogen and oxygen atoms in total. The van der Waals surface area contributed by atoms with Crippen molar-refractivity contribution in [2.75, 3.05) is 0 Å². The van der Waals surface area contributed by atoms with Crippen molar-refractivity contribution in [3.8, 4) is 11.6 Å². The Hall–Kier alpha value is -3.67. The number of rotatable bonds is 3. The van der Waals surface area contributed by atoms with E-state index in [2.05, 4.69) is 10.2 Å². The highest BCUT2D eigenvalue weighted by Crippen LogP contribution is 2.39. The third-order valence-corrected chi connectivity index (χ3v) is 4.61. The molecule has 0 aliphatic carbocycles. The van der Waals surface area contributed by atoms with Crippen LogP contribution < -0.4 is 0 Å². The number of aromatic hydroxyl groups is 2. The fourth-order valence-electron chi connectivity index (χ4n) is 3.27. The zero-order chi connectivity index (χ0) is 19.0. The number of azo groups is 1. The summed E-state index contributed by atoms with van der Waals surface area (Å²) in [6, 6.07) is 17.9. The summed E-state index contributed by atoms with van der Waals surface area (Å²) >= 11 is 0. The second-order valence-corrected chi connectivity index (χ2v) is 6.12. The lowest BCUT2D eigenvalue weighted by molar-refractivity contribution is 0.0992. The predicted molar refractivity (Wildman–Crippen MR) is 104 cm³/mol. The van der Waals surface area contributed by atoms with Crippen LogP contribution in [0.3, 0.4) is 0 Å².